The number of amides is 2. The number of Topliss-reactive ketones (excluding diaryl/α,β-unsaturated/α-hetero) is 1. The maximum atomic E-state index is 12.0. The maximum absolute atomic E-state index is 12.0. The summed E-state index contributed by atoms with van der Waals surface area (Å²) in [5.74, 6) is -0.138. The number of nitrogens with two attached hydrogens (primary N) is 1. The zero-order valence-corrected chi connectivity index (χ0v) is 12.0. The van der Waals surface area contributed by atoms with Crippen LogP contribution in [-0.4, -0.2) is 29.9 Å². The highest BCUT2D eigenvalue weighted by Gasteiger charge is 2.25. The summed E-state index contributed by atoms with van der Waals surface area (Å²) in [5, 5.41) is 0. The number of rotatable bonds is 5. The Hall–Kier alpha value is -1.82. The monoisotopic (exact) mass is 292 g/mol. The van der Waals surface area contributed by atoms with Crippen LogP contribution in [0.15, 0.2) is 23.1 Å². The molecule has 0 atom stereocenters. The number of carbonyl (C=O) groups is 3. The third-order valence-electron chi connectivity index (χ3n) is 3.13. The fraction of sp³-hybridized carbons (Fsp3) is 0.357. The number of anilines is 1. The van der Waals surface area contributed by atoms with Crippen LogP contribution in [0, 0.1) is 0 Å². The number of hydrogen-bond acceptors (Lipinski definition) is 4. The molecule has 0 aliphatic carbocycles. The van der Waals surface area contributed by atoms with E-state index in [1.807, 2.05) is 6.07 Å². The van der Waals surface area contributed by atoms with Crippen molar-refractivity contribution in [2.24, 2.45) is 5.73 Å². The Morgan fingerprint density at radius 3 is 2.80 bits per heavy atom. The second kappa shape index (κ2) is 6.09. The minimum absolute atomic E-state index is 0.0330. The van der Waals surface area contributed by atoms with Crippen LogP contribution in [-0.2, 0) is 9.59 Å². The van der Waals surface area contributed by atoms with Crippen molar-refractivity contribution in [1.82, 2.24) is 0 Å². The van der Waals surface area contributed by atoms with E-state index in [1.54, 1.807) is 24.0 Å². The van der Waals surface area contributed by atoms with Gasteiger partial charge in [-0.3, -0.25) is 14.4 Å². The van der Waals surface area contributed by atoms with Crippen molar-refractivity contribution in [2.75, 3.05) is 17.2 Å². The molecule has 1 aromatic carbocycles. The average Bonchev–Trinajstić information content (AvgIpc) is 2.44. The molecule has 0 aromatic heterocycles. The second-order valence-corrected chi connectivity index (χ2v) is 5.53. The molecule has 0 unspecified atom stereocenters. The molecule has 6 heteroatoms. The summed E-state index contributed by atoms with van der Waals surface area (Å²) in [5.41, 5.74) is 6.43. The molecule has 1 heterocycles. The van der Waals surface area contributed by atoms with Gasteiger partial charge < -0.3 is 10.6 Å². The Labute approximate surface area is 121 Å². The van der Waals surface area contributed by atoms with Gasteiger partial charge in [0.1, 0.15) is 0 Å². The molecular formula is C14H16N2O3S. The average molecular weight is 292 g/mol. The Morgan fingerprint density at radius 2 is 2.15 bits per heavy atom. The largest absolute Gasteiger partial charge is 0.370 e. The molecule has 2 amide bonds. The minimum Gasteiger partial charge on any atom is -0.370 e. The molecule has 1 aromatic rings. The van der Waals surface area contributed by atoms with Crippen LogP contribution in [0.2, 0.25) is 0 Å². The van der Waals surface area contributed by atoms with Gasteiger partial charge in [0.2, 0.25) is 11.8 Å². The van der Waals surface area contributed by atoms with Crippen LogP contribution in [0.3, 0.4) is 0 Å². The number of primary amides is 1. The lowest BCUT2D eigenvalue weighted by molar-refractivity contribution is -0.118. The summed E-state index contributed by atoms with van der Waals surface area (Å²) in [6.07, 6.45) is 0.531. The van der Waals surface area contributed by atoms with Crippen molar-refractivity contribution in [2.45, 2.75) is 24.7 Å². The van der Waals surface area contributed by atoms with Crippen LogP contribution in [0.5, 0.6) is 0 Å². The van der Waals surface area contributed by atoms with Gasteiger partial charge in [-0.25, -0.2) is 0 Å². The molecule has 2 rings (SSSR count). The number of fused-ring (bicyclic) bond motifs is 1. The first-order valence-corrected chi connectivity index (χ1v) is 7.40. The van der Waals surface area contributed by atoms with Crippen LogP contribution < -0.4 is 10.6 Å². The number of thioether (sulfide) groups is 1. The van der Waals surface area contributed by atoms with Gasteiger partial charge in [-0.05, 0) is 12.1 Å². The van der Waals surface area contributed by atoms with E-state index in [0.29, 0.717) is 23.4 Å². The first kappa shape index (κ1) is 14.6. The molecule has 0 saturated heterocycles. The molecule has 0 bridgehead atoms. The Morgan fingerprint density at radius 1 is 1.40 bits per heavy atom. The minimum atomic E-state index is -0.446. The van der Waals surface area contributed by atoms with Gasteiger partial charge in [-0.1, -0.05) is 13.0 Å². The highest BCUT2D eigenvalue weighted by atomic mass is 32.2. The summed E-state index contributed by atoms with van der Waals surface area (Å²) in [6.45, 7) is 2.05. The highest BCUT2D eigenvalue weighted by Crippen LogP contribution is 2.36. The third-order valence-corrected chi connectivity index (χ3v) is 4.17. The third kappa shape index (κ3) is 3.01. The number of nitrogens with zero attached hydrogens (tertiary/aromatic N) is 1. The van der Waals surface area contributed by atoms with Crippen molar-refractivity contribution < 1.29 is 14.4 Å². The molecule has 0 radical (unpaired) electrons. The van der Waals surface area contributed by atoms with Gasteiger partial charge in [-0.2, -0.15) is 0 Å². The number of ketones is 1. The van der Waals surface area contributed by atoms with Crippen molar-refractivity contribution in [3.8, 4) is 0 Å². The van der Waals surface area contributed by atoms with Crippen molar-refractivity contribution in [1.29, 1.82) is 0 Å². The van der Waals surface area contributed by atoms with Gasteiger partial charge in [-0.15, -0.1) is 11.8 Å². The Balaban J connectivity index is 2.34. The fourth-order valence-corrected chi connectivity index (χ4v) is 2.96. The van der Waals surface area contributed by atoms with E-state index in [-0.39, 0.29) is 24.7 Å². The molecule has 106 valence electrons. The van der Waals surface area contributed by atoms with E-state index < -0.39 is 5.91 Å². The van der Waals surface area contributed by atoms with E-state index in [0.717, 1.165) is 4.90 Å². The van der Waals surface area contributed by atoms with E-state index in [2.05, 4.69) is 0 Å². The summed E-state index contributed by atoms with van der Waals surface area (Å²) < 4.78 is 0. The van der Waals surface area contributed by atoms with Crippen molar-refractivity contribution >= 4 is 35.0 Å². The summed E-state index contributed by atoms with van der Waals surface area (Å²) in [6, 6.07) is 5.36. The summed E-state index contributed by atoms with van der Waals surface area (Å²) in [7, 11) is 0. The SMILES string of the molecule is CCC(=O)c1ccc2c(c1)N(CCC(N)=O)C(=O)CS2. The highest BCUT2D eigenvalue weighted by molar-refractivity contribution is 8.00. The predicted molar refractivity (Wildman–Crippen MR) is 78.0 cm³/mol. The number of benzene rings is 1. The second-order valence-electron chi connectivity index (χ2n) is 4.51. The van der Waals surface area contributed by atoms with E-state index in [1.165, 1.54) is 11.8 Å². The van der Waals surface area contributed by atoms with Gasteiger partial charge in [0.15, 0.2) is 5.78 Å². The van der Waals surface area contributed by atoms with Crippen LogP contribution in [0.4, 0.5) is 5.69 Å². The van der Waals surface area contributed by atoms with E-state index in [4.69, 9.17) is 5.73 Å². The predicted octanol–water partition coefficient (Wildman–Crippen LogP) is 1.59. The zero-order chi connectivity index (χ0) is 14.7. The van der Waals surface area contributed by atoms with Crippen LogP contribution in [0.1, 0.15) is 30.1 Å². The quantitative estimate of drug-likeness (QED) is 0.836. The Kier molecular flexibility index (Phi) is 4.44. The molecule has 0 fully saturated rings. The standard InChI is InChI=1S/C14H16N2O3S/c1-2-11(17)9-3-4-12-10(7-9)16(6-5-13(15)18)14(19)8-20-12/h3-4,7H,2,5-6,8H2,1H3,(H2,15,18). The summed E-state index contributed by atoms with van der Waals surface area (Å²) >= 11 is 1.44. The van der Waals surface area contributed by atoms with Gasteiger partial charge in [0.25, 0.3) is 0 Å². The fourth-order valence-electron chi connectivity index (χ4n) is 2.05. The molecular weight excluding hydrogens is 276 g/mol. The molecule has 0 spiro atoms. The van der Waals surface area contributed by atoms with Gasteiger partial charge in [0.05, 0.1) is 11.4 Å². The van der Waals surface area contributed by atoms with E-state index in [9.17, 15) is 14.4 Å². The van der Waals surface area contributed by atoms with Crippen LogP contribution >= 0.6 is 11.8 Å². The van der Waals surface area contributed by atoms with Gasteiger partial charge in [0, 0.05) is 29.8 Å². The number of carbonyl (C=O) groups excluding carboxylic acids is 3. The van der Waals surface area contributed by atoms with Crippen molar-refractivity contribution in [3.05, 3.63) is 23.8 Å². The first-order chi connectivity index (χ1) is 9.52. The zero-order valence-electron chi connectivity index (χ0n) is 11.2. The van der Waals surface area contributed by atoms with Gasteiger partial charge >= 0.3 is 0 Å². The molecule has 1 aliphatic heterocycles. The lowest BCUT2D eigenvalue weighted by atomic mass is 10.1. The first-order valence-electron chi connectivity index (χ1n) is 6.41. The number of hydrogen-bond donors (Lipinski definition) is 1. The molecule has 2 N–H and O–H groups in total. The molecule has 1 aliphatic rings. The lowest BCUT2D eigenvalue weighted by Gasteiger charge is -2.29. The molecule has 5 nitrogen and oxygen atoms in total. The topological polar surface area (TPSA) is 80.5 Å². The normalized spacial score (nSPS) is 14.1. The van der Waals surface area contributed by atoms with Crippen molar-refractivity contribution in [3.63, 3.8) is 0 Å². The molecule has 0 saturated carbocycles. The maximum Gasteiger partial charge on any atom is 0.237 e. The Bertz CT molecular complexity index is 572. The van der Waals surface area contributed by atoms with Crippen LogP contribution in [0.25, 0.3) is 0 Å². The lowest BCUT2D eigenvalue weighted by Crippen LogP contribution is -2.37. The summed E-state index contributed by atoms with van der Waals surface area (Å²) in [4.78, 5) is 37.2. The van der Waals surface area contributed by atoms with E-state index >= 15 is 0 Å². The smallest absolute Gasteiger partial charge is 0.237 e. The molecule has 20 heavy (non-hydrogen) atoms.